The first-order valence-corrected chi connectivity index (χ1v) is 10.4. The summed E-state index contributed by atoms with van der Waals surface area (Å²) in [5.74, 6) is 0.803. The Labute approximate surface area is 173 Å². The molecular formula is C20H21N3O3S2. The maximum Gasteiger partial charge on any atom is 0.266 e. The molecule has 1 aromatic carbocycles. The van der Waals surface area contributed by atoms with Gasteiger partial charge in [-0.05, 0) is 18.2 Å². The van der Waals surface area contributed by atoms with Crippen molar-refractivity contribution in [2.75, 3.05) is 51.5 Å². The molecule has 2 aromatic rings. The summed E-state index contributed by atoms with van der Waals surface area (Å²) in [5, 5.41) is 1.04. The third kappa shape index (κ3) is 3.91. The van der Waals surface area contributed by atoms with Gasteiger partial charge >= 0.3 is 0 Å². The average molecular weight is 416 g/mol. The number of anilines is 1. The van der Waals surface area contributed by atoms with Crippen molar-refractivity contribution in [2.45, 2.75) is 0 Å². The first-order valence-electron chi connectivity index (χ1n) is 9.14. The molecule has 2 fully saturated rings. The molecule has 8 heteroatoms. The van der Waals surface area contributed by atoms with Crippen LogP contribution in [0.25, 0.3) is 17.0 Å². The van der Waals surface area contributed by atoms with Crippen LogP contribution in [-0.2, 0) is 14.3 Å². The first-order chi connectivity index (χ1) is 13.7. The number of methoxy groups -OCH3 is 1. The van der Waals surface area contributed by atoms with Crippen molar-refractivity contribution in [2.24, 2.45) is 0 Å². The predicted octanol–water partition coefficient (Wildman–Crippen LogP) is 2.92. The number of thioether (sulfide) groups is 1. The Kier molecular flexibility index (Phi) is 5.91. The number of carbonyl (C=O) groups is 1. The number of pyridine rings is 1. The van der Waals surface area contributed by atoms with Crippen LogP contribution in [0.1, 0.15) is 5.56 Å². The molecule has 0 unspecified atom stereocenters. The molecule has 0 atom stereocenters. The number of hydrogen-bond acceptors (Lipinski definition) is 7. The van der Waals surface area contributed by atoms with E-state index < -0.39 is 0 Å². The Hall–Kier alpha value is -2.00. The molecule has 2 saturated heterocycles. The summed E-state index contributed by atoms with van der Waals surface area (Å²) in [4.78, 5) is 22.1. The van der Waals surface area contributed by atoms with Gasteiger partial charge in [0.15, 0.2) is 0 Å². The molecular weight excluding hydrogens is 394 g/mol. The number of fused-ring (bicyclic) bond motifs is 1. The van der Waals surface area contributed by atoms with E-state index in [1.54, 1.807) is 12.0 Å². The second-order valence-electron chi connectivity index (χ2n) is 6.52. The number of carbonyl (C=O) groups excluding carboxylic acids is 1. The zero-order valence-electron chi connectivity index (χ0n) is 15.6. The maximum atomic E-state index is 12.8. The van der Waals surface area contributed by atoms with Gasteiger partial charge in [-0.25, -0.2) is 4.98 Å². The second kappa shape index (κ2) is 8.57. The van der Waals surface area contributed by atoms with E-state index in [-0.39, 0.29) is 5.91 Å². The van der Waals surface area contributed by atoms with E-state index in [4.69, 9.17) is 26.7 Å². The van der Waals surface area contributed by atoms with Crippen LogP contribution in [0.5, 0.6) is 0 Å². The van der Waals surface area contributed by atoms with Crippen LogP contribution in [0.15, 0.2) is 35.2 Å². The molecule has 2 aliphatic rings. The summed E-state index contributed by atoms with van der Waals surface area (Å²) < 4.78 is 11.1. The van der Waals surface area contributed by atoms with E-state index in [0.29, 0.717) is 35.6 Å². The lowest BCUT2D eigenvalue weighted by atomic mass is 10.1. The topological polar surface area (TPSA) is 54.9 Å². The van der Waals surface area contributed by atoms with Gasteiger partial charge in [0.1, 0.15) is 10.1 Å². The van der Waals surface area contributed by atoms with Crippen LogP contribution in [-0.4, -0.2) is 66.7 Å². The van der Waals surface area contributed by atoms with Crippen molar-refractivity contribution in [3.05, 3.63) is 40.8 Å². The van der Waals surface area contributed by atoms with Crippen LogP contribution in [0.3, 0.4) is 0 Å². The molecule has 1 aromatic heterocycles. The quantitative estimate of drug-likeness (QED) is 0.550. The molecule has 0 radical (unpaired) electrons. The zero-order valence-corrected chi connectivity index (χ0v) is 17.2. The normalized spacial score (nSPS) is 19.2. The number of para-hydroxylation sites is 1. The fraction of sp³-hybridized carbons (Fsp3) is 0.350. The summed E-state index contributed by atoms with van der Waals surface area (Å²) in [5.41, 5.74) is 1.86. The molecule has 1 amide bonds. The van der Waals surface area contributed by atoms with Gasteiger partial charge in [0.2, 0.25) is 0 Å². The minimum absolute atomic E-state index is 0.0758. The fourth-order valence-corrected chi connectivity index (χ4v) is 4.57. The summed E-state index contributed by atoms with van der Waals surface area (Å²) >= 11 is 6.72. The smallest absolute Gasteiger partial charge is 0.266 e. The average Bonchev–Trinajstić information content (AvgIpc) is 2.99. The molecule has 0 N–H and O–H groups in total. The van der Waals surface area contributed by atoms with E-state index in [2.05, 4.69) is 11.0 Å². The van der Waals surface area contributed by atoms with Crippen LogP contribution in [0, 0.1) is 0 Å². The van der Waals surface area contributed by atoms with Crippen LogP contribution < -0.4 is 4.90 Å². The molecule has 28 heavy (non-hydrogen) atoms. The van der Waals surface area contributed by atoms with E-state index in [1.807, 2.05) is 30.3 Å². The van der Waals surface area contributed by atoms with Gasteiger partial charge in [-0.2, -0.15) is 0 Å². The Morgan fingerprint density at radius 1 is 1.32 bits per heavy atom. The number of rotatable bonds is 5. The number of amides is 1. The summed E-state index contributed by atoms with van der Waals surface area (Å²) in [7, 11) is 1.61. The molecule has 6 nitrogen and oxygen atoms in total. The van der Waals surface area contributed by atoms with E-state index in [1.165, 1.54) is 11.8 Å². The van der Waals surface area contributed by atoms with E-state index in [0.717, 1.165) is 35.4 Å². The number of aromatic nitrogens is 1. The largest absolute Gasteiger partial charge is 0.383 e. The monoisotopic (exact) mass is 415 g/mol. The number of morpholine rings is 1. The predicted molar refractivity (Wildman–Crippen MR) is 117 cm³/mol. The standard InChI is InChI=1S/C20H21N3O3S2/c1-25-9-8-23-19(24)17(28-20(23)27)13-15-12-14-4-2-3-5-16(14)21-18(15)22-6-10-26-11-7-22/h2-5,12-13H,6-11H2,1H3/b17-13-. The van der Waals surface area contributed by atoms with Crippen molar-refractivity contribution in [3.8, 4) is 0 Å². The highest BCUT2D eigenvalue weighted by Gasteiger charge is 2.32. The lowest BCUT2D eigenvalue weighted by Gasteiger charge is -2.29. The minimum atomic E-state index is -0.0758. The summed E-state index contributed by atoms with van der Waals surface area (Å²) in [6.45, 7) is 3.82. The van der Waals surface area contributed by atoms with Crippen molar-refractivity contribution in [1.29, 1.82) is 0 Å². The van der Waals surface area contributed by atoms with E-state index in [9.17, 15) is 4.79 Å². The maximum absolute atomic E-state index is 12.8. The highest BCUT2D eigenvalue weighted by Crippen LogP contribution is 2.35. The molecule has 0 saturated carbocycles. The van der Waals surface area contributed by atoms with Gasteiger partial charge in [-0.3, -0.25) is 9.69 Å². The van der Waals surface area contributed by atoms with Crippen LogP contribution in [0.2, 0.25) is 0 Å². The number of nitrogens with zero attached hydrogens (tertiary/aromatic N) is 3. The minimum Gasteiger partial charge on any atom is -0.383 e. The van der Waals surface area contributed by atoms with Gasteiger partial charge in [0, 0.05) is 31.1 Å². The second-order valence-corrected chi connectivity index (χ2v) is 8.20. The Bertz CT molecular complexity index is 941. The van der Waals surface area contributed by atoms with Gasteiger partial charge in [-0.1, -0.05) is 42.2 Å². The van der Waals surface area contributed by atoms with Crippen LogP contribution >= 0.6 is 24.0 Å². The number of hydrogen-bond donors (Lipinski definition) is 0. The number of benzene rings is 1. The van der Waals surface area contributed by atoms with Gasteiger partial charge in [0.05, 0.1) is 36.8 Å². The molecule has 3 heterocycles. The first kappa shape index (κ1) is 19.3. The SMILES string of the molecule is COCCN1C(=O)/C(=C/c2cc3ccccc3nc2N2CCOCC2)SC1=S. The molecule has 0 bridgehead atoms. The van der Waals surface area contributed by atoms with Gasteiger partial charge < -0.3 is 14.4 Å². The van der Waals surface area contributed by atoms with Gasteiger partial charge in [-0.15, -0.1) is 0 Å². The van der Waals surface area contributed by atoms with Crippen LogP contribution in [0.4, 0.5) is 5.82 Å². The molecule has 146 valence electrons. The Morgan fingerprint density at radius 3 is 2.89 bits per heavy atom. The number of thiocarbonyl (C=S) groups is 1. The summed E-state index contributed by atoms with van der Waals surface area (Å²) in [6, 6.07) is 10.1. The highest BCUT2D eigenvalue weighted by atomic mass is 32.2. The van der Waals surface area contributed by atoms with Crippen molar-refractivity contribution in [1.82, 2.24) is 9.88 Å². The third-order valence-corrected chi connectivity index (χ3v) is 6.10. The van der Waals surface area contributed by atoms with E-state index >= 15 is 0 Å². The lowest BCUT2D eigenvalue weighted by molar-refractivity contribution is -0.122. The molecule has 0 spiro atoms. The van der Waals surface area contributed by atoms with Gasteiger partial charge in [0.25, 0.3) is 5.91 Å². The fourth-order valence-electron chi connectivity index (χ4n) is 3.27. The molecule has 2 aliphatic heterocycles. The Balaban J connectivity index is 1.73. The molecule has 0 aliphatic carbocycles. The molecule has 4 rings (SSSR count). The number of ether oxygens (including phenoxy) is 2. The highest BCUT2D eigenvalue weighted by molar-refractivity contribution is 8.26. The van der Waals surface area contributed by atoms with Crippen molar-refractivity contribution >= 4 is 57.0 Å². The lowest BCUT2D eigenvalue weighted by Crippen LogP contribution is -2.37. The summed E-state index contributed by atoms with van der Waals surface area (Å²) in [6.07, 6.45) is 1.91. The zero-order chi connectivity index (χ0) is 19.5. The Morgan fingerprint density at radius 2 is 2.11 bits per heavy atom. The third-order valence-electron chi connectivity index (χ3n) is 4.72. The van der Waals surface area contributed by atoms with Crippen molar-refractivity contribution < 1.29 is 14.3 Å². The van der Waals surface area contributed by atoms with Crippen molar-refractivity contribution in [3.63, 3.8) is 0 Å².